The van der Waals surface area contributed by atoms with Crippen molar-refractivity contribution in [1.82, 2.24) is 4.31 Å². The second-order valence-electron chi connectivity index (χ2n) is 6.06. The van der Waals surface area contributed by atoms with Crippen LogP contribution in [-0.2, 0) is 10.0 Å². The minimum absolute atomic E-state index is 0.182. The molecule has 2 aliphatic rings. The molecule has 2 N–H and O–H groups in total. The molecule has 0 spiro atoms. The van der Waals surface area contributed by atoms with Gasteiger partial charge in [-0.05, 0) is 65.7 Å². The topological polar surface area (TPSA) is 63.4 Å². The SMILES string of the molecule is Nc1ccc(S(=O)(=O)N2CCCC2C2CCCC2)c(Br)c1. The van der Waals surface area contributed by atoms with Crippen LogP contribution in [0.5, 0.6) is 0 Å². The summed E-state index contributed by atoms with van der Waals surface area (Å²) < 4.78 is 28.3. The van der Waals surface area contributed by atoms with E-state index in [9.17, 15) is 8.42 Å². The molecule has 1 aliphatic heterocycles. The number of hydrogen-bond acceptors (Lipinski definition) is 3. The quantitative estimate of drug-likeness (QED) is 0.827. The summed E-state index contributed by atoms with van der Waals surface area (Å²) in [6.45, 7) is 0.639. The highest BCUT2D eigenvalue weighted by Gasteiger charge is 2.40. The van der Waals surface area contributed by atoms with E-state index in [4.69, 9.17) is 5.73 Å². The third kappa shape index (κ3) is 2.85. The number of rotatable bonds is 3. The normalized spacial score (nSPS) is 24.7. The fraction of sp³-hybridized carbons (Fsp3) is 0.600. The van der Waals surface area contributed by atoms with Gasteiger partial charge in [-0.3, -0.25) is 0 Å². The lowest BCUT2D eigenvalue weighted by atomic mass is 9.97. The van der Waals surface area contributed by atoms with Crippen LogP contribution in [0.3, 0.4) is 0 Å². The van der Waals surface area contributed by atoms with E-state index in [1.807, 2.05) is 0 Å². The van der Waals surface area contributed by atoms with Gasteiger partial charge in [0.25, 0.3) is 0 Å². The molecule has 0 amide bonds. The Labute approximate surface area is 134 Å². The molecule has 1 atom stereocenters. The van der Waals surface area contributed by atoms with Gasteiger partial charge in [0.1, 0.15) is 0 Å². The monoisotopic (exact) mass is 372 g/mol. The van der Waals surface area contributed by atoms with Crippen molar-refractivity contribution in [3.63, 3.8) is 0 Å². The third-order valence-corrected chi connectivity index (χ3v) is 7.64. The molecule has 1 aromatic rings. The average Bonchev–Trinajstić information content (AvgIpc) is 3.09. The number of sulfonamides is 1. The van der Waals surface area contributed by atoms with Gasteiger partial charge in [-0.2, -0.15) is 4.31 Å². The van der Waals surface area contributed by atoms with Crippen molar-refractivity contribution in [2.45, 2.75) is 49.5 Å². The van der Waals surface area contributed by atoms with E-state index in [0.29, 0.717) is 27.5 Å². The van der Waals surface area contributed by atoms with Crippen molar-refractivity contribution in [2.75, 3.05) is 12.3 Å². The van der Waals surface area contributed by atoms with Crippen molar-refractivity contribution < 1.29 is 8.42 Å². The fourth-order valence-electron chi connectivity index (χ4n) is 3.73. The van der Waals surface area contributed by atoms with Crippen LogP contribution < -0.4 is 5.73 Å². The Morgan fingerprint density at radius 2 is 1.86 bits per heavy atom. The highest BCUT2D eigenvalue weighted by Crippen LogP contribution is 2.39. The molecule has 1 heterocycles. The molecule has 116 valence electrons. The van der Waals surface area contributed by atoms with Crippen LogP contribution in [0.15, 0.2) is 27.6 Å². The fourth-order valence-corrected chi connectivity index (χ4v) is 6.54. The molecular weight excluding hydrogens is 352 g/mol. The van der Waals surface area contributed by atoms with E-state index in [0.717, 1.165) is 12.8 Å². The third-order valence-electron chi connectivity index (χ3n) is 4.73. The molecule has 1 unspecified atom stereocenters. The second-order valence-corrected chi connectivity index (χ2v) is 8.77. The van der Waals surface area contributed by atoms with Gasteiger partial charge in [0, 0.05) is 22.7 Å². The van der Waals surface area contributed by atoms with Gasteiger partial charge in [-0.1, -0.05) is 12.8 Å². The minimum atomic E-state index is -3.44. The second kappa shape index (κ2) is 5.89. The first-order valence-electron chi connectivity index (χ1n) is 7.57. The number of benzene rings is 1. The Morgan fingerprint density at radius 3 is 2.52 bits per heavy atom. The number of nitrogen functional groups attached to an aromatic ring is 1. The average molecular weight is 373 g/mol. The molecule has 0 radical (unpaired) electrons. The van der Waals surface area contributed by atoms with Crippen molar-refractivity contribution in [3.05, 3.63) is 22.7 Å². The van der Waals surface area contributed by atoms with E-state index in [2.05, 4.69) is 15.9 Å². The maximum atomic E-state index is 13.0. The molecule has 1 saturated carbocycles. The zero-order chi connectivity index (χ0) is 15.0. The lowest BCUT2D eigenvalue weighted by Crippen LogP contribution is -2.39. The van der Waals surface area contributed by atoms with Gasteiger partial charge in [-0.15, -0.1) is 0 Å². The van der Waals surface area contributed by atoms with Gasteiger partial charge >= 0.3 is 0 Å². The first-order valence-corrected chi connectivity index (χ1v) is 9.80. The summed E-state index contributed by atoms with van der Waals surface area (Å²) in [4.78, 5) is 0.335. The number of hydrogen-bond donors (Lipinski definition) is 1. The number of anilines is 1. The van der Waals surface area contributed by atoms with Crippen LogP contribution >= 0.6 is 15.9 Å². The van der Waals surface area contributed by atoms with Crippen LogP contribution in [0.4, 0.5) is 5.69 Å². The molecule has 1 aliphatic carbocycles. The molecular formula is C15H21BrN2O2S. The summed E-state index contributed by atoms with van der Waals surface area (Å²) in [5.74, 6) is 0.537. The Balaban J connectivity index is 1.93. The standard InChI is InChI=1S/C15H21BrN2O2S/c16-13-10-12(17)7-8-15(13)21(19,20)18-9-3-6-14(18)11-4-1-2-5-11/h7-8,10-11,14H,1-6,9,17H2. The predicted octanol–water partition coefficient (Wildman–Crippen LogP) is 3.37. The van der Waals surface area contributed by atoms with Crippen molar-refractivity contribution in [3.8, 4) is 0 Å². The maximum absolute atomic E-state index is 13.0. The zero-order valence-corrected chi connectivity index (χ0v) is 14.4. The van der Waals surface area contributed by atoms with Crippen LogP contribution in [0, 0.1) is 5.92 Å². The van der Waals surface area contributed by atoms with Crippen molar-refractivity contribution >= 4 is 31.6 Å². The number of nitrogens with two attached hydrogens (primary N) is 1. The zero-order valence-electron chi connectivity index (χ0n) is 12.0. The van der Waals surface area contributed by atoms with Gasteiger partial charge < -0.3 is 5.73 Å². The number of halogens is 1. The maximum Gasteiger partial charge on any atom is 0.244 e. The van der Waals surface area contributed by atoms with E-state index in [1.165, 1.54) is 25.7 Å². The van der Waals surface area contributed by atoms with E-state index < -0.39 is 10.0 Å². The summed E-state index contributed by atoms with van der Waals surface area (Å²) in [6, 6.07) is 5.10. The molecule has 1 aromatic carbocycles. The van der Waals surface area contributed by atoms with E-state index >= 15 is 0 Å². The van der Waals surface area contributed by atoms with Gasteiger partial charge in [0.05, 0.1) is 4.90 Å². The molecule has 4 nitrogen and oxygen atoms in total. The van der Waals surface area contributed by atoms with Crippen molar-refractivity contribution in [2.24, 2.45) is 5.92 Å². The van der Waals surface area contributed by atoms with Gasteiger partial charge in [0.15, 0.2) is 0 Å². The van der Waals surface area contributed by atoms with Crippen LogP contribution in [-0.4, -0.2) is 25.3 Å². The summed E-state index contributed by atoms with van der Waals surface area (Å²) in [6.07, 6.45) is 6.77. The van der Waals surface area contributed by atoms with E-state index in [1.54, 1.807) is 22.5 Å². The highest BCUT2D eigenvalue weighted by atomic mass is 79.9. The van der Waals surface area contributed by atoms with Crippen LogP contribution in [0.2, 0.25) is 0 Å². The lowest BCUT2D eigenvalue weighted by Gasteiger charge is -2.29. The van der Waals surface area contributed by atoms with Gasteiger partial charge in [-0.25, -0.2) is 8.42 Å². The molecule has 6 heteroatoms. The number of nitrogens with zero attached hydrogens (tertiary/aromatic N) is 1. The first-order chi connectivity index (χ1) is 10.00. The highest BCUT2D eigenvalue weighted by molar-refractivity contribution is 9.10. The first kappa shape index (κ1) is 15.3. The van der Waals surface area contributed by atoms with E-state index in [-0.39, 0.29) is 6.04 Å². The molecule has 0 bridgehead atoms. The largest absolute Gasteiger partial charge is 0.399 e. The molecule has 21 heavy (non-hydrogen) atoms. The summed E-state index contributed by atoms with van der Waals surface area (Å²) in [5, 5.41) is 0. The van der Waals surface area contributed by atoms with Crippen molar-refractivity contribution in [1.29, 1.82) is 0 Å². The molecule has 2 fully saturated rings. The van der Waals surface area contributed by atoms with Crippen LogP contribution in [0.1, 0.15) is 38.5 Å². The Kier molecular flexibility index (Phi) is 4.30. The van der Waals surface area contributed by atoms with Crippen LogP contribution in [0.25, 0.3) is 0 Å². The molecule has 1 saturated heterocycles. The van der Waals surface area contributed by atoms with Gasteiger partial charge in [0.2, 0.25) is 10.0 Å². The molecule has 0 aromatic heterocycles. The summed E-state index contributed by atoms with van der Waals surface area (Å²) in [7, 11) is -3.44. The molecule has 3 rings (SSSR count). The smallest absolute Gasteiger partial charge is 0.244 e. The summed E-state index contributed by atoms with van der Waals surface area (Å²) >= 11 is 3.35. The Hall–Kier alpha value is -0.590. The minimum Gasteiger partial charge on any atom is -0.399 e. The predicted molar refractivity (Wildman–Crippen MR) is 87.4 cm³/mol. The Bertz CT molecular complexity index is 627. The lowest BCUT2D eigenvalue weighted by molar-refractivity contribution is 0.288. The summed E-state index contributed by atoms with van der Waals surface area (Å²) in [5.41, 5.74) is 6.28. The Morgan fingerprint density at radius 1 is 1.14 bits per heavy atom.